The lowest BCUT2D eigenvalue weighted by Gasteiger charge is -2.19. The van der Waals surface area contributed by atoms with Gasteiger partial charge in [0.1, 0.15) is 23.1 Å². The summed E-state index contributed by atoms with van der Waals surface area (Å²) in [5.74, 6) is 1.89. The van der Waals surface area contributed by atoms with Gasteiger partial charge in [0.25, 0.3) is 0 Å². The molecule has 5 nitrogen and oxygen atoms in total. The summed E-state index contributed by atoms with van der Waals surface area (Å²) in [6, 6.07) is 18.9. The topological polar surface area (TPSA) is 37.8 Å². The van der Waals surface area contributed by atoms with Crippen molar-refractivity contribution in [1.82, 2.24) is 14.8 Å². The van der Waals surface area contributed by atoms with Gasteiger partial charge in [0.2, 0.25) is 0 Å². The van der Waals surface area contributed by atoms with Crippen LogP contribution in [0.4, 0.5) is 0 Å². The molecule has 1 aromatic heterocycles. The Morgan fingerprint density at radius 2 is 1.66 bits per heavy atom. The Kier molecular flexibility index (Phi) is 8.51. The average molecular weight is 474 g/mol. The first-order valence-corrected chi connectivity index (χ1v) is 13.5. The zero-order valence-corrected chi connectivity index (χ0v) is 20.9. The summed E-state index contributed by atoms with van der Waals surface area (Å²) in [4.78, 5) is 9.64. The van der Waals surface area contributed by atoms with E-state index in [9.17, 15) is 0 Å². The van der Waals surface area contributed by atoms with Crippen LogP contribution in [-0.2, 0) is 6.42 Å². The number of pyridine rings is 1. The second-order valence-corrected chi connectivity index (χ2v) is 10.0. The van der Waals surface area contributed by atoms with E-state index in [1.165, 1.54) is 44.3 Å². The highest BCUT2D eigenvalue weighted by Gasteiger charge is 2.24. The Morgan fingerprint density at radius 3 is 2.51 bits per heavy atom. The first-order valence-electron chi connectivity index (χ1n) is 13.5. The third kappa shape index (κ3) is 6.96. The lowest BCUT2D eigenvalue weighted by molar-refractivity contribution is 0.203. The molecule has 5 heteroatoms. The summed E-state index contributed by atoms with van der Waals surface area (Å²) >= 11 is 0. The van der Waals surface area contributed by atoms with Gasteiger partial charge in [-0.3, -0.25) is 9.88 Å². The number of benzene rings is 2. The molecule has 0 aliphatic carbocycles. The summed E-state index contributed by atoms with van der Waals surface area (Å²) in [7, 11) is 0. The van der Waals surface area contributed by atoms with Crippen LogP contribution in [0.15, 0.2) is 60.8 Å². The SMILES string of the molecule is c1cnc2c(O[C@H]3CCN(CCc4ccc(OCCCN5CCCCCC5)cc4)C3)cccc2c1. The quantitative estimate of drug-likeness (QED) is 0.360. The predicted octanol–water partition coefficient (Wildman–Crippen LogP) is 5.58. The van der Waals surface area contributed by atoms with Crippen molar-refractivity contribution < 1.29 is 9.47 Å². The number of hydrogen-bond acceptors (Lipinski definition) is 5. The first kappa shape index (κ1) is 24.1. The van der Waals surface area contributed by atoms with E-state index in [1.807, 2.05) is 18.3 Å². The first-order chi connectivity index (χ1) is 17.3. The number of hydrogen-bond donors (Lipinski definition) is 0. The van der Waals surface area contributed by atoms with Gasteiger partial charge in [0.05, 0.1) is 6.61 Å². The molecule has 0 spiro atoms. The Bertz CT molecular complexity index is 1040. The van der Waals surface area contributed by atoms with E-state index in [-0.39, 0.29) is 6.10 Å². The van der Waals surface area contributed by atoms with Crippen LogP contribution in [0.2, 0.25) is 0 Å². The van der Waals surface area contributed by atoms with Gasteiger partial charge >= 0.3 is 0 Å². The highest BCUT2D eigenvalue weighted by molar-refractivity contribution is 5.84. The highest BCUT2D eigenvalue weighted by atomic mass is 16.5. The van der Waals surface area contributed by atoms with Crippen LogP contribution in [0, 0.1) is 0 Å². The fourth-order valence-corrected chi connectivity index (χ4v) is 5.32. The molecule has 35 heavy (non-hydrogen) atoms. The van der Waals surface area contributed by atoms with Gasteiger partial charge in [-0.05, 0) is 75.0 Å². The number of fused-ring (bicyclic) bond motifs is 1. The highest BCUT2D eigenvalue weighted by Crippen LogP contribution is 2.26. The molecule has 186 valence electrons. The molecule has 3 heterocycles. The zero-order valence-electron chi connectivity index (χ0n) is 20.9. The van der Waals surface area contributed by atoms with Crippen molar-refractivity contribution in [1.29, 1.82) is 0 Å². The van der Waals surface area contributed by atoms with Crippen LogP contribution in [0.1, 0.15) is 44.1 Å². The van der Waals surface area contributed by atoms with E-state index in [2.05, 4.69) is 57.2 Å². The fraction of sp³-hybridized carbons (Fsp3) is 0.500. The molecule has 0 unspecified atom stereocenters. The number of ether oxygens (including phenoxy) is 2. The third-order valence-electron chi connectivity index (χ3n) is 7.34. The van der Waals surface area contributed by atoms with Gasteiger partial charge in [-0.2, -0.15) is 0 Å². The molecule has 2 fully saturated rings. The van der Waals surface area contributed by atoms with Crippen molar-refractivity contribution in [2.75, 3.05) is 45.9 Å². The van der Waals surface area contributed by atoms with Crippen LogP contribution < -0.4 is 9.47 Å². The molecule has 0 radical (unpaired) electrons. The maximum Gasteiger partial charge on any atom is 0.146 e. The van der Waals surface area contributed by atoms with Crippen molar-refractivity contribution in [3.05, 3.63) is 66.4 Å². The van der Waals surface area contributed by atoms with Crippen LogP contribution in [-0.4, -0.2) is 66.8 Å². The maximum absolute atomic E-state index is 6.35. The normalized spacial score (nSPS) is 19.6. The molecule has 2 aliphatic heterocycles. The molecule has 3 aromatic rings. The Hall–Kier alpha value is -2.63. The fourth-order valence-electron chi connectivity index (χ4n) is 5.32. The molecule has 0 amide bonds. The van der Waals surface area contributed by atoms with Gasteiger partial charge in [-0.15, -0.1) is 0 Å². The average Bonchev–Trinajstić information content (AvgIpc) is 3.18. The van der Waals surface area contributed by atoms with E-state index in [1.54, 1.807) is 0 Å². The summed E-state index contributed by atoms with van der Waals surface area (Å²) < 4.78 is 12.4. The van der Waals surface area contributed by atoms with Crippen molar-refractivity contribution in [3.63, 3.8) is 0 Å². The molecule has 2 saturated heterocycles. The van der Waals surface area contributed by atoms with Crippen LogP contribution in [0.5, 0.6) is 11.5 Å². The van der Waals surface area contributed by atoms with Crippen LogP contribution in [0.25, 0.3) is 10.9 Å². The lowest BCUT2D eigenvalue weighted by atomic mass is 10.1. The molecule has 1 atom stereocenters. The van der Waals surface area contributed by atoms with Gasteiger partial charge in [-0.25, -0.2) is 0 Å². The number of rotatable bonds is 10. The lowest BCUT2D eigenvalue weighted by Crippen LogP contribution is -2.27. The summed E-state index contributed by atoms with van der Waals surface area (Å²) in [5, 5.41) is 1.13. The van der Waals surface area contributed by atoms with Gasteiger partial charge in [0.15, 0.2) is 0 Å². The third-order valence-corrected chi connectivity index (χ3v) is 7.34. The molecule has 2 aromatic carbocycles. The van der Waals surface area contributed by atoms with E-state index in [0.29, 0.717) is 0 Å². The van der Waals surface area contributed by atoms with Crippen LogP contribution in [0.3, 0.4) is 0 Å². The van der Waals surface area contributed by atoms with E-state index >= 15 is 0 Å². The Morgan fingerprint density at radius 1 is 0.829 bits per heavy atom. The van der Waals surface area contributed by atoms with E-state index < -0.39 is 0 Å². The largest absolute Gasteiger partial charge is 0.494 e. The van der Waals surface area contributed by atoms with Crippen molar-refractivity contribution in [2.24, 2.45) is 0 Å². The Balaban J connectivity index is 1.01. The van der Waals surface area contributed by atoms with Crippen molar-refractivity contribution >= 4 is 10.9 Å². The second kappa shape index (κ2) is 12.4. The molecular weight excluding hydrogens is 434 g/mol. The minimum Gasteiger partial charge on any atom is -0.494 e. The molecule has 0 N–H and O–H groups in total. The van der Waals surface area contributed by atoms with E-state index in [4.69, 9.17) is 9.47 Å². The standard InChI is InChI=1S/C30H39N3O2/c1-2-4-19-32(18-3-1)20-7-23-34-27-13-11-25(12-14-27)15-21-33-22-16-28(24-33)35-29-10-5-8-26-9-6-17-31-30(26)29/h5-6,8-14,17,28H,1-4,7,15-16,18-24H2/t28-/m0/s1. The summed E-state index contributed by atoms with van der Waals surface area (Å²) in [6.45, 7) is 7.61. The second-order valence-electron chi connectivity index (χ2n) is 10.0. The minimum absolute atomic E-state index is 0.229. The molecular formula is C30H39N3O2. The summed E-state index contributed by atoms with van der Waals surface area (Å²) in [5.41, 5.74) is 2.32. The van der Waals surface area contributed by atoms with Crippen molar-refractivity contribution in [2.45, 2.75) is 51.0 Å². The monoisotopic (exact) mass is 473 g/mol. The summed E-state index contributed by atoms with van der Waals surface area (Å²) in [6.07, 6.45) is 10.8. The number of likely N-dealkylation sites (tertiary alicyclic amines) is 2. The maximum atomic E-state index is 6.35. The number of para-hydroxylation sites is 1. The smallest absolute Gasteiger partial charge is 0.146 e. The predicted molar refractivity (Wildman–Crippen MR) is 142 cm³/mol. The molecule has 0 saturated carbocycles. The Labute approximate surface area is 210 Å². The van der Waals surface area contributed by atoms with Crippen LogP contribution >= 0.6 is 0 Å². The van der Waals surface area contributed by atoms with Gasteiger partial charge in [-0.1, -0.05) is 43.2 Å². The van der Waals surface area contributed by atoms with Gasteiger partial charge in [0, 0.05) is 37.8 Å². The number of nitrogens with zero attached hydrogens (tertiary/aromatic N) is 3. The minimum atomic E-state index is 0.229. The zero-order chi connectivity index (χ0) is 23.7. The van der Waals surface area contributed by atoms with E-state index in [0.717, 1.165) is 74.5 Å². The number of aromatic nitrogens is 1. The molecule has 2 aliphatic rings. The molecule has 0 bridgehead atoms. The molecule has 5 rings (SSSR count). The van der Waals surface area contributed by atoms with Gasteiger partial charge < -0.3 is 14.4 Å². The van der Waals surface area contributed by atoms with Crippen molar-refractivity contribution in [3.8, 4) is 11.5 Å².